The van der Waals surface area contributed by atoms with Gasteiger partial charge in [-0.15, -0.1) is 0 Å². The van der Waals surface area contributed by atoms with E-state index in [9.17, 15) is 21.6 Å². The fourth-order valence-corrected chi connectivity index (χ4v) is 3.57. The lowest BCUT2D eigenvalue weighted by molar-refractivity contribution is -0.106. The van der Waals surface area contributed by atoms with Gasteiger partial charge in [0.1, 0.15) is 0 Å². The summed E-state index contributed by atoms with van der Waals surface area (Å²) in [5, 5.41) is 0. The number of alkyl halides is 3. The number of rotatable bonds is 6. The lowest BCUT2D eigenvalue weighted by atomic mass is 10.1. The van der Waals surface area contributed by atoms with Crippen molar-refractivity contribution in [2.75, 3.05) is 22.8 Å². The van der Waals surface area contributed by atoms with E-state index in [1.165, 1.54) is 18.2 Å². The second-order valence-corrected chi connectivity index (χ2v) is 7.66. The number of nitrogen functional groups attached to an aromatic ring is 1. The highest BCUT2D eigenvalue weighted by Gasteiger charge is 2.35. The van der Waals surface area contributed by atoms with Gasteiger partial charge in [-0.1, -0.05) is 12.1 Å². The van der Waals surface area contributed by atoms with Gasteiger partial charge in [0.2, 0.25) is 21.9 Å². The van der Waals surface area contributed by atoms with Crippen LogP contribution in [0.3, 0.4) is 0 Å². The van der Waals surface area contributed by atoms with Gasteiger partial charge in [-0.25, -0.2) is 18.4 Å². The molecular weight excluding hydrogens is 411 g/mol. The van der Waals surface area contributed by atoms with Crippen LogP contribution in [0.15, 0.2) is 36.4 Å². The van der Waals surface area contributed by atoms with Crippen molar-refractivity contribution in [3.8, 4) is 17.1 Å². The van der Waals surface area contributed by atoms with Gasteiger partial charge in [0, 0.05) is 11.3 Å². The Bertz CT molecular complexity index is 1150. The number of nitrogens with zero attached hydrogens (tertiary/aromatic N) is 3. The first-order valence-electron chi connectivity index (χ1n) is 8.31. The summed E-state index contributed by atoms with van der Waals surface area (Å²) in [6, 6.07) is 9.10. The molecular formula is C17H16F3N5O3S. The van der Waals surface area contributed by atoms with Crippen LogP contribution in [0.1, 0.15) is 6.92 Å². The number of anilines is 2. The molecule has 0 aliphatic rings. The van der Waals surface area contributed by atoms with Gasteiger partial charge in [0.05, 0.1) is 17.8 Å². The highest BCUT2D eigenvalue weighted by molar-refractivity contribution is 7.92. The molecule has 0 fully saturated rings. The molecule has 8 nitrogen and oxygen atoms in total. The average Bonchev–Trinajstić information content (AvgIpc) is 2.59. The second kappa shape index (κ2) is 7.70. The van der Waals surface area contributed by atoms with E-state index in [2.05, 4.69) is 15.0 Å². The Morgan fingerprint density at radius 3 is 2.59 bits per heavy atom. The number of halogens is 3. The molecule has 0 aliphatic heterocycles. The van der Waals surface area contributed by atoms with Crippen LogP contribution in [0.2, 0.25) is 0 Å². The summed E-state index contributed by atoms with van der Waals surface area (Å²) in [5.41, 5.74) is 7.32. The number of fused-ring (bicyclic) bond motifs is 1. The van der Waals surface area contributed by atoms with Crippen LogP contribution in [-0.2, 0) is 10.0 Å². The third kappa shape index (κ3) is 5.22. The van der Waals surface area contributed by atoms with Crippen LogP contribution in [0, 0.1) is 0 Å². The topological polar surface area (TPSA) is 120 Å². The number of aromatic nitrogens is 3. The number of hydrogen-bond acceptors (Lipinski definition) is 7. The van der Waals surface area contributed by atoms with Gasteiger partial charge in [0.15, 0.2) is 11.3 Å². The fourth-order valence-electron chi connectivity index (χ4n) is 2.58. The molecule has 1 aromatic carbocycles. The lowest BCUT2D eigenvalue weighted by Crippen LogP contribution is -2.27. The Labute approximate surface area is 164 Å². The number of hydrogen-bond donors (Lipinski definition) is 2. The van der Waals surface area contributed by atoms with E-state index in [4.69, 9.17) is 10.5 Å². The normalized spacial score (nSPS) is 12.1. The summed E-state index contributed by atoms with van der Waals surface area (Å²) in [6.45, 7) is 2.10. The summed E-state index contributed by atoms with van der Waals surface area (Å²) in [6.07, 6.45) is -4.85. The Kier molecular flexibility index (Phi) is 5.46. The Balaban J connectivity index is 1.97. The van der Waals surface area contributed by atoms with Crippen molar-refractivity contribution >= 4 is 32.7 Å². The minimum Gasteiger partial charge on any atom is -0.476 e. The molecule has 0 saturated carbocycles. The molecule has 0 atom stereocenters. The zero-order valence-electron chi connectivity index (χ0n) is 15.1. The molecule has 0 radical (unpaired) electrons. The molecule has 154 valence electrons. The molecule has 0 unspecified atom stereocenters. The zero-order valence-corrected chi connectivity index (χ0v) is 15.9. The maximum absolute atomic E-state index is 12.4. The number of pyridine rings is 1. The predicted octanol–water partition coefficient (Wildman–Crippen LogP) is 2.98. The largest absolute Gasteiger partial charge is 0.476 e. The van der Waals surface area contributed by atoms with Gasteiger partial charge in [-0.2, -0.15) is 18.2 Å². The van der Waals surface area contributed by atoms with E-state index < -0.39 is 22.0 Å². The Morgan fingerprint density at radius 1 is 1.14 bits per heavy atom. The summed E-state index contributed by atoms with van der Waals surface area (Å²) in [5.74, 6) is -1.76. The molecule has 2 aromatic heterocycles. The van der Waals surface area contributed by atoms with E-state index in [0.29, 0.717) is 28.9 Å². The van der Waals surface area contributed by atoms with Crippen LogP contribution < -0.4 is 15.2 Å². The van der Waals surface area contributed by atoms with Crippen LogP contribution in [0.4, 0.5) is 24.8 Å². The molecule has 2 heterocycles. The number of ether oxygens (including phenoxy) is 1. The fraction of sp³-hybridized carbons (Fsp3) is 0.235. The number of sulfonamides is 1. The molecule has 3 aromatic rings. The van der Waals surface area contributed by atoms with Gasteiger partial charge in [0.25, 0.3) is 0 Å². The summed E-state index contributed by atoms with van der Waals surface area (Å²) >= 11 is 0. The zero-order chi connectivity index (χ0) is 21.2. The molecule has 0 spiro atoms. The van der Waals surface area contributed by atoms with Crippen molar-refractivity contribution in [1.82, 2.24) is 15.0 Å². The standard InChI is InChI=1S/C17H16F3N5O3S/c1-2-28-15-14-13(23-16(21)24-15)7-6-12(22-14)10-4-3-5-11(8-10)25-29(26,27)9-17(18,19)20/h3-8,25H,2,9H2,1H3,(H2,21,23,24). The SMILES string of the molecule is CCOc1nc(N)nc2ccc(-c3cccc(NS(=O)(=O)CC(F)(F)F)c3)nc12. The molecule has 0 aliphatic carbocycles. The highest BCUT2D eigenvalue weighted by atomic mass is 32.2. The lowest BCUT2D eigenvalue weighted by Gasteiger charge is -2.12. The van der Waals surface area contributed by atoms with Crippen molar-refractivity contribution in [1.29, 1.82) is 0 Å². The van der Waals surface area contributed by atoms with E-state index in [1.807, 2.05) is 4.72 Å². The Morgan fingerprint density at radius 2 is 1.90 bits per heavy atom. The highest BCUT2D eigenvalue weighted by Crippen LogP contribution is 2.28. The second-order valence-electron chi connectivity index (χ2n) is 5.94. The number of nitrogens with two attached hydrogens (primary N) is 1. The van der Waals surface area contributed by atoms with Crippen LogP contribution in [0.5, 0.6) is 5.88 Å². The van der Waals surface area contributed by atoms with Crippen molar-refractivity contribution in [3.63, 3.8) is 0 Å². The van der Waals surface area contributed by atoms with Crippen LogP contribution >= 0.6 is 0 Å². The number of nitrogens with one attached hydrogen (secondary N) is 1. The molecule has 3 rings (SSSR count). The number of benzene rings is 1. The summed E-state index contributed by atoms with van der Waals surface area (Å²) in [4.78, 5) is 12.5. The average molecular weight is 427 g/mol. The maximum atomic E-state index is 12.4. The first-order valence-corrected chi connectivity index (χ1v) is 9.96. The predicted molar refractivity (Wildman–Crippen MR) is 102 cm³/mol. The van der Waals surface area contributed by atoms with E-state index >= 15 is 0 Å². The monoisotopic (exact) mass is 427 g/mol. The van der Waals surface area contributed by atoms with Crippen LogP contribution in [-0.4, -0.2) is 41.9 Å². The van der Waals surface area contributed by atoms with E-state index in [1.54, 1.807) is 25.1 Å². The first kappa shape index (κ1) is 20.6. The van der Waals surface area contributed by atoms with Crippen molar-refractivity contribution in [2.45, 2.75) is 13.1 Å². The molecule has 0 saturated heterocycles. The van der Waals surface area contributed by atoms with Gasteiger partial charge in [-0.3, -0.25) is 4.72 Å². The first-order chi connectivity index (χ1) is 13.6. The third-order valence-corrected chi connectivity index (χ3v) is 4.85. The van der Waals surface area contributed by atoms with Gasteiger partial charge >= 0.3 is 6.18 Å². The minimum atomic E-state index is -4.85. The maximum Gasteiger partial charge on any atom is 0.404 e. The van der Waals surface area contributed by atoms with Crippen molar-refractivity contribution in [2.24, 2.45) is 0 Å². The smallest absolute Gasteiger partial charge is 0.404 e. The van der Waals surface area contributed by atoms with Crippen LogP contribution in [0.25, 0.3) is 22.3 Å². The van der Waals surface area contributed by atoms with Gasteiger partial charge in [-0.05, 0) is 31.2 Å². The quantitative estimate of drug-likeness (QED) is 0.620. The van der Waals surface area contributed by atoms with Crippen molar-refractivity contribution in [3.05, 3.63) is 36.4 Å². The Hall–Kier alpha value is -3.15. The van der Waals surface area contributed by atoms with Gasteiger partial charge < -0.3 is 10.5 Å². The molecule has 29 heavy (non-hydrogen) atoms. The summed E-state index contributed by atoms with van der Waals surface area (Å²) < 4.78 is 68.0. The molecule has 0 amide bonds. The minimum absolute atomic E-state index is 0.0211. The molecule has 0 bridgehead atoms. The molecule has 12 heteroatoms. The third-order valence-electron chi connectivity index (χ3n) is 3.59. The summed E-state index contributed by atoms with van der Waals surface area (Å²) in [7, 11) is -4.59. The van der Waals surface area contributed by atoms with E-state index in [0.717, 1.165) is 0 Å². The molecule has 3 N–H and O–H groups in total. The van der Waals surface area contributed by atoms with Crippen molar-refractivity contribution < 1.29 is 26.3 Å². The van der Waals surface area contributed by atoms with E-state index in [-0.39, 0.29) is 17.5 Å².